The number of esters is 1. The van der Waals surface area contributed by atoms with Gasteiger partial charge in [0.25, 0.3) is 0 Å². The molecule has 0 aromatic heterocycles. The molecule has 1 amide bonds. The highest BCUT2D eigenvalue weighted by molar-refractivity contribution is 5.82. The van der Waals surface area contributed by atoms with Crippen molar-refractivity contribution in [1.82, 2.24) is 4.90 Å². The summed E-state index contributed by atoms with van der Waals surface area (Å²) in [5.74, 6) is -0.687. The molecule has 1 atom stereocenters. The molecule has 0 N–H and O–H groups in total. The first-order valence-corrected chi connectivity index (χ1v) is 7.56. The molecule has 0 spiro atoms. The van der Waals surface area contributed by atoms with E-state index in [-0.39, 0.29) is 18.3 Å². The zero-order valence-electron chi connectivity index (χ0n) is 13.2. The Morgan fingerprint density at radius 1 is 1.14 bits per heavy atom. The van der Waals surface area contributed by atoms with Crippen molar-refractivity contribution in [3.05, 3.63) is 35.9 Å². The molecule has 0 aliphatic rings. The van der Waals surface area contributed by atoms with Gasteiger partial charge < -0.3 is 9.64 Å². The van der Waals surface area contributed by atoms with Gasteiger partial charge in [0.2, 0.25) is 5.91 Å². The van der Waals surface area contributed by atoms with Crippen LogP contribution in [0.1, 0.15) is 32.8 Å². The summed E-state index contributed by atoms with van der Waals surface area (Å²) in [6, 6.07) is 9.88. The summed E-state index contributed by atoms with van der Waals surface area (Å²) >= 11 is 0. The van der Waals surface area contributed by atoms with Crippen molar-refractivity contribution in [1.29, 1.82) is 0 Å². The van der Waals surface area contributed by atoms with Crippen molar-refractivity contribution in [3.63, 3.8) is 0 Å². The first-order chi connectivity index (χ1) is 10.1. The maximum atomic E-state index is 11.9. The molecule has 0 saturated carbocycles. The molecule has 0 saturated heterocycles. The fourth-order valence-corrected chi connectivity index (χ4v) is 2.11. The van der Waals surface area contributed by atoms with Crippen molar-refractivity contribution in [2.75, 3.05) is 19.7 Å². The summed E-state index contributed by atoms with van der Waals surface area (Å²) in [5, 5.41) is 0. The Morgan fingerprint density at radius 3 is 2.33 bits per heavy atom. The number of rotatable bonds is 8. The lowest BCUT2D eigenvalue weighted by atomic mass is 10.1. The Bertz CT molecular complexity index is 441. The van der Waals surface area contributed by atoms with E-state index in [9.17, 15) is 9.59 Å². The number of ether oxygens (including phenoxy) is 1. The van der Waals surface area contributed by atoms with Crippen molar-refractivity contribution in [2.45, 2.75) is 33.6 Å². The maximum absolute atomic E-state index is 11.9. The lowest BCUT2D eigenvalue weighted by Crippen LogP contribution is -2.33. The summed E-state index contributed by atoms with van der Waals surface area (Å²) in [7, 11) is 0. The minimum absolute atomic E-state index is 0.00695. The van der Waals surface area contributed by atoms with Crippen LogP contribution in [0.15, 0.2) is 30.3 Å². The first kappa shape index (κ1) is 17.2. The molecule has 4 nitrogen and oxygen atoms in total. The van der Waals surface area contributed by atoms with Gasteiger partial charge >= 0.3 is 5.97 Å². The topological polar surface area (TPSA) is 46.6 Å². The van der Waals surface area contributed by atoms with Gasteiger partial charge in [0.05, 0.1) is 12.5 Å². The summed E-state index contributed by atoms with van der Waals surface area (Å²) < 4.78 is 5.25. The van der Waals surface area contributed by atoms with E-state index in [0.717, 1.165) is 5.56 Å². The van der Waals surface area contributed by atoms with Gasteiger partial charge in [-0.3, -0.25) is 9.59 Å². The second-order valence-corrected chi connectivity index (χ2v) is 5.07. The van der Waals surface area contributed by atoms with E-state index in [1.165, 1.54) is 0 Å². The minimum atomic E-state index is -0.395. The predicted octanol–water partition coefficient (Wildman–Crippen LogP) is 2.67. The second-order valence-electron chi connectivity index (χ2n) is 5.07. The fourth-order valence-electron chi connectivity index (χ4n) is 2.11. The molecular formula is C17H25NO3. The van der Waals surface area contributed by atoms with Crippen LogP contribution in [0.2, 0.25) is 0 Å². The van der Waals surface area contributed by atoms with E-state index in [4.69, 9.17) is 4.74 Å². The largest absolute Gasteiger partial charge is 0.465 e. The predicted molar refractivity (Wildman–Crippen MR) is 82.8 cm³/mol. The van der Waals surface area contributed by atoms with E-state index in [1.54, 1.807) is 11.8 Å². The molecule has 0 aliphatic heterocycles. The molecule has 0 bridgehead atoms. The fraction of sp³-hybridized carbons (Fsp3) is 0.529. The number of amides is 1. The van der Waals surface area contributed by atoms with Gasteiger partial charge in [-0.15, -0.1) is 0 Å². The third-order valence-electron chi connectivity index (χ3n) is 3.48. The molecule has 0 radical (unpaired) electrons. The van der Waals surface area contributed by atoms with Crippen LogP contribution in [-0.2, 0) is 20.7 Å². The van der Waals surface area contributed by atoms with Crippen LogP contribution in [0, 0.1) is 5.92 Å². The Labute approximate surface area is 127 Å². The van der Waals surface area contributed by atoms with Crippen LogP contribution in [0.3, 0.4) is 0 Å². The summed E-state index contributed by atoms with van der Waals surface area (Å²) in [4.78, 5) is 25.5. The van der Waals surface area contributed by atoms with Gasteiger partial charge in [-0.25, -0.2) is 0 Å². The average Bonchev–Trinajstić information content (AvgIpc) is 2.49. The molecule has 0 fully saturated rings. The van der Waals surface area contributed by atoms with Crippen molar-refractivity contribution >= 4 is 11.9 Å². The first-order valence-electron chi connectivity index (χ1n) is 7.56. The van der Waals surface area contributed by atoms with Gasteiger partial charge in [0, 0.05) is 25.9 Å². The Balaban J connectivity index is 2.32. The van der Waals surface area contributed by atoms with Crippen LogP contribution < -0.4 is 0 Å². The smallest absolute Gasteiger partial charge is 0.309 e. The monoisotopic (exact) mass is 291 g/mol. The van der Waals surface area contributed by atoms with E-state index >= 15 is 0 Å². The molecule has 0 aliphatic carbocycles. The molecular weight excluding hydrogens is 266 g/mol. The van der Waals surface area contributed by atoms with E-state index in [1.807, 2.05) is 44.2 Å². The Morgan fingerprint density at radius 2 is 1.76 bits per heavy atom. The molecule has 0 heterocycles. The van der Waals surface area contributed by atoms with Crippen LogP contribution in [0.4, 0.5) is 0 Å². The number of benzene rings is 1. The average molecular weight is 291 g/mol. The van der Waals surface area contributed by atoms with Gasteiger partial charge in [-0.05, 0) is 19.4 Å². The lowest BCUT2D eigenvalue weighted by molar-refractivity contribution is -0.150. The van der Waals surface area contributed by atoms with Gasteiger partial charge in [-0.1, -0.05) is 37.3 Å². The van der Waals surface area contributed by atoms with Crippen molar-refractivity contribution in [3.8, 4) is 0 Å². The third-order valence-corrected chi connectivity index (χ3v) is 3.48. The van der Waals surface area contributed by atoms with E-state index in [0.29, 0.717) is 26.1 Å². The molecule has 4 heteroatoms. The zero-order valence-corrected chi connectivity index (χ0v) is 13.2. The zero-order chi connectivity index (χ0) is 15.7. The van der Waals surface area contributed by atoms with Gasteiger partial charge in [-0.2, -0.15) is 0 Å². The minimum Gasteiger partial charge on any atom is -0.465 e. The van der Waals surface area contributed by atoms with Crippen LogP contribution >= 0.6 is 0 Å². The summed E-state index contributed by atoms with van der Waals surface area (Å²) in [6.07, 6.45) is 0.912. The molecule has 1 aromatic rings. The number of carbonyl (C=O) groups is 2. The van der Waals surface area contributed by atoms with Gasteiger partial charge in [0.1, 0.15) is 0 Å². The Kier molecular flexibility index (Phi) is 7.51. The SMILES string of the molecule is CCN(CC)C(=O)CC(C)C(=O)OCCc1ccccc1. The molecule has 1 unspecified atom stereocenters. The van der Waals surface area contributed by atoms with Crippen LogP contribution in [0.5, 0.6) is 0 Å². The van der Waals surface area contributed by atoms with E-state index in [2.05, 4.69) is 0 Å². The van der Waals surface area contributed by atoms with Crippen molar-refractivity contribution < 1.29 is 14.3 Å². The van der Waals surface area contributed by atoms with Crippen LogP contribution in [0.25, 0.3) is 0 Å². The number of hydrogen-bond acceptors (Lipinski definition) is 3. The second kappa shape index (κ2) is 9.16. The number of carbonyl (C=O) groups excluding carboxylic acids is 2. The summed E-state index contributed by atoms with van der Waals surface area (Å²) in [6.45, 7) is 7.31. The third kappa shape index (κ3) is 5.98. The molecule has 1 aromatic carbocycles. The number of hydrogen-bond donors (Lipinski definition) is 0. The van der Waals surface area contributed by atoms with Crippen molar-refractivity contribution in [2.24, 2.45) is 5.92 Å². The van der Waals surface area contributed by atoms with Gasteiger partial charge in [0.15, 0.2) is 0 Å². The standard InChI is InChI=1S/C17H25NO3/c1-4-18(5-2)16(19)13-14(3)17(20)21-12-11-15-9-7-6-8-10-15/h6-10,14H,4-5,11-13H2,1-3H3. The van der Waals surface area contributed by atoms with Crippen LogP contribution in [-0.4, -0.2) is 36.5 Å². The summed E-state index contributed by atoms with van der Waals surface area (Å²) in [5.41, 5.74) is 1.14. The normalized spacial score (nSPS) is 11.8. The highest BCUT2D eigenvalue weighted by Gasteiger charge is 2.20. The van der Waals surface area contributed by atoms with E-state index < -0.39 is 5.92 Å². The highest BCUT2D eigenvalue weighted by atomic mass is 16.5. The molecule has 21 heavy (non-hydrogen) atoms. The Hall–Kier alpha value is -1.84. The molecule has 116 valence electrons. The lowest BCUT2D eigenvalue weighted by Gasteiger charge is -2.20. The highest BCUT2D eigenvalue weighted by Crippen LogP contribution is 2.09. The quantitative estimate of drug-likeness (QED) is 0.692. The number of nitrogens with zero attached hydrogens (tertiary/aromatic N) is 1. The maximum Gasteiger partial charge on any atom is 0.309 e. The molecule has 1 rings (SSSR count).